The number of carboxylic acids is 1. The van der Waals surface area contributed by atoms with Gasteiger partial charge >= 0.3 is 47.4 Å². The smallest absolute Gasteiger partial charge is 0.543 e. The molecule has 0 saturated carbocycles. The van der Waals surface area contributed by atoms with Crippen LogP contribution in [0.4, 0.5) is 10.5 Å². The van der Waals surface area contributed by atoms with Crippen molar-refractivity contribution in [1.82, 2.24) is 45.5 Å². The Morgan fingerprint density at radius 1 is 1.16 bits per heavy atom. The molecule has 4 heterocycles. The van der Waals surface area contributed by atoms with Crippen LogP contribution >= 0.6 is 23.5 Å². The SMILES string of the molecule is CCN1CCN(C(=O)N[C@@H](C(=O)N[C@@H]2C(=O)N3C(C(=O)[O-])=C(CSc4nnnn4C)CS[C@@H]23)c2ccc(N)cc2)C(=O)C1=O.[Na+]. The largest absolute Gasteiger partial charge is 1.00 e. The molecular weight excluding hydrogens is 639 g/mol. The summed E-state index contributed by atoms with van der Waals surface area (Å²) in [5, 5.41) is 28.1. The number of rotatable bonds is 9. The predicted molar refractivity (Wildman–Crippen MR) is 153 cm³/mol. The monoisotopic (exact) mass is 666 g/mol. The number of piperazine rings is 1. The first-order valence-corrected chi connectivity index (χ1v) is 15.4. The first-order valence-electron chi connectivity index (χ1n) is 13.3. The zero-order valence-electron chi connectivity index (χ0n) is 24.5. The maximum Gasteiger partial charge on any atom is 1.00 e. The van der Waals surface area contributed by atoms with E-state index in [2.05, 4.69) is 26.2 Å². The molecule has 0 bridgehead atoms. The molecule has 2 saturated heterocycles. The number of thioether (sulfide) groups is 2. The van der Waals surface area contributed by atoms with E-state index in [9.17, 15) is 33.9 Å². The average molecular weight is 667 g/mol. The van der Waals surface area contributed by atoms with Gasteiger partial charge in [0.25, 0.3) is 5.91 Å². The quantitative estimate of drug-likeness (QED) is 0.0747. The van der Waals surface area contributed by atoms with E-state index in [0.717, 1.165) is 9.80 Å². The van der Waals surface area contributed by atoms with Crippen LogP contribution in [0, 0.1) is 0 Å². The molecule has 0 aliphatic carbocycles. The molecule has 6 amide bonds. The van der Waals surface area contributed by atoms with Gasteiger partial charge in [0.15, 0.2) is 0 Å². The minimum Gasteiger partial charge on any atom is -0.543 e. The number of urea groups is 1. The molecule has 2 aromatic rings. The number of tetrazole rings is 1. The molecule has 0 unspecified atom stereocenters. The summed E-state index contributed by atoms with van der Waals surface area (Å²) in [6, 6.07) is 2.57. The molecule has 17 nitrogen and oxygen atoms in total. The summed E-state index contributed by atoms with van der Waals surface area (Å²) in [5.41, 5.74) is 6.64. The van der Waals surface area contributed by atoms with Crippen molar-refractivity contribution in [3.8, 4) is 0 Å². The molecular formula is C25H27N10NaO7S2. The van der Waals surface area contributed by atoms with Crippen LogP contribution < -0.4 is 51.0 Å². The van der Waals surface area contributed by atoms with Gasteiger partial charge in [-0.1, -0.05) is 23.9 Å². The first-order chi connectivity index (χ1) is 21.0. The molecule has 3 atom stereocenters. The number of amides is 6. The molecule has 1 aromatic carbocycles. The van der Waals surface area contributed by atoms with Gasteiger partial charge in [0, 0.05) is 43.9 Å². The standard InChI is InChI=1S/C25H28N10O7S2.Na/c1-3-33-8-9-34(21(39)20(33)38)24(42)28-15(12-4-6-14(26)7-5-12)18(36)27-16-19(37)35-17(23(40)41)13(10-43-22(16)35)11-44-25-29-30-31-32(25)2;/h4-7,15-16,22H,3,8-11,26H2,1-2H3,(H,27,36)(H,28,42)(H,40,41);/q;+1/p-1/t15-,16-,22+;/m1./s1. The number of carboxylic acid groups (broad SMARTS) is 1. The van der Waals surface area contributed by atoms with Crippen LogP contribution in [0.15, 0.2) is 40.7 Å². The van der Waals surface area contributed by atoms with Gasteiger partial charge < -0.3 is 31.2 Å². The van der Waals surface area contributed by atoms with Gasteiger partial charge in [-0.25, -0.2) is 9.48 Å². The Kier molecular flexibility index (Phi) is 10.8. The molecule has 3 aliphatic heterocycles. The van der Waals surface area contributed by atoms with Crippen molar-refractivity contribution in [2.45, 2.75) is 29.5 Å². The Morgan fingerprint density at radius 2 is 1.87 bits per heavy atom. The number of nitrogen functional groups attached to an aromatic ring is 1. The Hall–Kier alpha value is -3.65. The molecule has 45 heavy (non-hydrogen) atoms. The Balaban J connectivity index is 0.00000461. The average Bonchev–Trinajstić information content (AvgIpc) is 3.42. The second-order valence-electron chi connectivity index (χ2n) is 9.90. The van der Waals surface area contributed by atoms with Gasteiger partial charge in [-0.2, -0.15) is 0 Å². The van der Waals surface area contributed by atoms with Crippen molar-refractivity contribution in [3.05, 3.63) is 41.1 Å². The number of hydrogen-bond donors (Lipinski definition) is 3. The van der Waals surface area contributed by atoms with Gasteiger partial charge in [-0.3, -0.25) is 29.0 Å². The number of nitrogens with one attached hydrogen (secondary N) is 2. The summed E-state index contributed by atoms with van der Waals surface area (Å²) in [6.07, 6.45) is 0. The normalized spacial score (nSPS) is 20.2. The number of aryl methyl sites for hydroxylation is 1. The fraction of sp³-hybridized carbons (Fsp3) is 0.400. The van der Waals surface area contributed by atoms with E-state index in [1.807, 2.05) is 0 Å². The number of carbonyl (C=O) groups is 6. The molecule has 0 radical (unpaired) electrons. The topological polar surface area (TPSA) is 229 Å². The van der Waals surface area contributed by atoms with Crippen molar-refractivity contribution in [1.29, 1.82) is 0 Å². The zero-order chi connectivity index (χ0) is 31.7. The second kappa shape index (κ2) is 14.2. The van der Waals surface area contributed by atoms with Crippen molar-refractivity contribution < 1.29 is 63.4 Å². The summed E-state index contributed by atoms with van der Waals surface area (Å²) in [7, 11) is 1.64. The first kappa shape index (κ1) is 34.2. The van der Waals surface area contributed by atoms with Crippen molar-refractivity contribution in [2.24, 2.45) is 7.05 Å². The van der Waals surface area contributed by atoms with Crippen molar-refractivity contribution in [2.75, 3.05) is 36.9 Å². The second-order valence-corrected chi connectivity index (χ2v) is 11.9. The Labute approximate surface area is 286 Å². The predicted octanol–water partition coefficient (Wildman–Crippen LogP) is -5.57. The van der Waals surface area contributed by atoms with E-state index in [0.29, 0.717) is 28.5 Å². The van der Waals surface area contributed by atoms with Gasteiger partial charge in [0.1, 0.15) is 17.5 Å². The summed E-state index contributed by atoms with van der Waals surface area (Å²) in [4.78, 5) is 80.1. The third-order valence-corrected chi connectivity index (χ3v) is 9.67. The number of carbonyl (C=O) groups excluding carboxylic acids is 6. The third-order valence-electron chi connectivity index (χ3n) is 7.23. The van der Waals surface area contributed by atoms with E-state index in [1.54, 1.807) is 14.0 Å². The molecule has 20 heteroatoms. The van der Waals surface area contributed by atoms with Crippen LogP contribution in [0.25, 0.3) is 0 Å². The summed E-state index contributed by atoms with van der Waals surface area (Å²) in [6.45, 7) is 2.08. The third kappa shape index (κ3) is 6.81. The number of benzene rings is 1. The number of nitrogens with zero attached hydrogens (tertiary/aromatic N) is 7. The van der Waals surface area contributed by atoms with E-state index >= 15 is 0 Å². The number of aromatic nitrogens is 4. The fourth-order valence-corrected chi connectivity index (χ4v) is 7.21. The molecule has 1 aromatic heterocycles. The van der Waals surface area contributed by atoms with E-state index in [-0.39, 0.29) is 59.8 Å². The maximum absolute atomic E-state index is 13.6. The number of hydrogen-bond acceptors (Lipinski definition) is 13. The zero-order valence-corrected chi connectivity index (χ0v) is 28.1. The molecule has 232 valence electrons. The molecule has 3 aliphatic rings. The number of likely N-dealkylation sites (N-methyl/N-ethyl adjacent to an activating group) is 1. The van der Waals surface area contributed by atoms with Crippen molar-refractivity contribution in [3.63, 3.8) is 0 Å². The molecule has 5 rings (SSSR count). The van der Waals surface area contributed by atoms with Crippen LogP contribution in [0.1, 0.15) is 18.5 Å². The van der Waals surface area contributed by atoms with E-state index in [1.165, 1.54) is 57.4 Å². The number of imide groups is 1. The summed E-state index contributed by atoms with van der Waals surface area (Å²) >= 11 is 2.46. The van der Waals surface area contributed by atoms with Gasteiger partial charge in [0.05, 0.1) is 11.7 Å². The number of anilines is 1. The van der Waals surface area contributed by atoms with Crippen LogP contribution in [0.2, 0.25) is 0 Å². The number of nitrogens with two attached hydrogens (primary N) is 1. The van der Waals surface area contributed by atoms with Gasteiger partial charge in [-0.05, 0) is 40.6 Å². The number of fused-ring (bicyclic) bond motifs is 1. The molecule has 4 N–H and O–H groups in total. The van der Waals surface area contributed by atoms with Gasteiger partial charge in [0.2, 0.25) is 11.1 Å². The molecule has 2 fully saturated rings. The fourth-order valence-electron chi connectivity index (χ4n) is 4.87. The Morgan fingerprint density at radius 3 is 2.49 bits per heavy atom. The number of aliphatic carboxylic acids is 1. The Bertz CT molecular complexity index is 1570. The minimum absolute atomic E-state index is 0. The van der Waals surface area contributed by atoms with Crippen molar-refractivity contribution >= 4 is 64.8 Å². The molecule has 0 spiro atoms. The van der Waals surface area contributed by atoms with Crippen LogP contribution in [0.3, 0.4) is 0 Å². The van der Waals surface area contributed by atoms with Crippen LogP contribution in [-0.2, 0) is 31.0 Å². The summed E-state index contributed by atoms with van der Waals surface area (Å²) < 4.78 is 1.43. The van der Waals surface area contributed by atoms with E-state index < -0.39 is 53.1 Å². The maximum atomic E-state index is 13.6. The van der Waals surface area contributed by atoms with Crippen LogP contribution in [-0.4, -0.2) is 113 Å². The van der Waals surface area contributed by atoms with Gasteiger partial charge in [-0.15, -0.1) is 16.9 Å². The van der Waals surface area contributed by atoms with E-state index in [4.69, 9.17) is 5.73 Å². The summed E-state index contributed by atoms with van der Waals surface area (Å²) in [5.74, 6) is -4.42. The van der Waals surface area contributed by atoms with Crippen LogP contribution in [0.5, 0.6) is 0 Å². The minimum atomic E-state index is -1.53. The number of β-lactam (4-membered cyclic amide) rings is 1.